The van der Waals surface area contributed by atoms with E-state index in [2.05, 4.69) is 35.8 Å². The first-order valence-electron chi connectivity index (χ1n) is 16.3. The fraction of sp³-hybridized carbons (Fsp3) is 0.0625. The number of rotatable bonds is 12. The first-order valence-corrected chi connectivity index (χ1v) is 22.1. The largest absolute Gasteiger partial charge is 0.505 e. The second kappa shape index (κ2) is 16.1. The van der Waals surface area contributed by atoms with Gasteiger partial charge in [-0.2, -0.15) is 54.0 Å². The third-order valence-electron chi connectivity index (χ3n) is 8.36. The number of azo groups is 3. The molecule has 1 unspecified atom stereocenters. The lowest BCUT2D eigenvalue weighted by Crippen LogP contribution is -2.29. The van der Waals surface area contributed by atoms with Crippen molar-refractivity contribution in [3.8, 4) is 11.5 Å². The van der Waals surface area contributed by atoms with Crippen molar-refractivity contribution in [3.05, 3.63) is 89.0 Å². The van der Waals surface area contributed by atoms with Crippen LogP contribution in [0.15, 0.2) is 134 Å². The summed E-state index contributed by atoms with van der Waals surface area (Å²) in [5, 5.41) is 58.9. The van der Waals surface area contributed by atoms with E-state index in [4.69, 9.17) is 0 Å². The molecule has 6 rings (SSSR count). The quantitative estimate of drug-likeness (QED) is 0.0369. The number of hydrazone groups is 1. The minimum atomic E-state index is -5.50. The molecule has 0 radical (unpaired) electrons. The highest BCUT2D eigenvalue weighted by molar-refractivity contribution is 7.86. The molecule has 5 aromatic rings. The first-order chi connectivity index (χ1) is 28.8. The second-order valence-corrected chi connectivity index (χ2v) is 18.0. The Hall–Kier alpha value is -7.06. The minimum absolute atomic E-state index is 0.221. The molecule has 6 N–H and O–H groups in total. The van der Waals surface area contributed by atoms with Crippen LogP contribution in [0.5, 0.6) is 11.5 Å². The second-order valence-electron chi connectivity index (χ2n) is 12.4. The normalized spacial score (nSPS) is 15.4. The molecule has 62 heavy (non-hydrogen) atoms. The summed E-state index contributed by atoms with van der Waals surface area (Å²) in [6, 6.07) is 12.2. The predicted octanol–water partition coefficient (Wildman–Crippen LogP) is 5.85. The standard InChI is InChI=1S/C32H23N9O17S4/c1-15-27(32(44)40(39-15)18-5-3-2-4-6-18)36-33-17-7-9-20(22(13-17)59(47,48)49)34-37-28-24(61(53,54)55)11-16-12-25(62(56,57)58)29(31(43)26(16)30(28)42)38-35-21-10-8-19(41(45)46)14-23(21)60(50,51)52/h2-14,27,42-43H,1H3,(H,47,48,49)(H,50,51,52)(H,53,54,55)(H,56,57,58). The van der Waals surface area contributed by atoms with Crippen LogP contribution in [0.4, 0.5) is 39.8 Å². The zero-order chi connectivity index (χ0) is 45.7. The summed E-state index contributed by atoms with van der Waals surface area (Å²) in [5.74, 6) is -3.49. The molecule has 1 aliphatic rings. The van der Waals surface area contributed by atoms with E-state index in [0.29, 0.717) is 36.0 Å². The summed E-state index contributed by atoms with van der Waals surface area (Å²) in [5.41, 5.74) is -4.68. The summed E-state index contributed by atoms with van der Waals surface area (Å²) in [6.45, 7) is 1.49. The zero-order valence-corrected chi connectivity index (χ0v) is 33.7. The summed E-state index contributed by atoms with van der Waals surface area (Å²) < 4.78 is 138. The van der Waals surface area contributed by atoms with Crippen LogP contribution < -0.4 is 5.01 Å². The minimum Gasteiger partial charge on any atom is -0.505 e. The van der Waals surface area contributed by atoms with Gasteiger partial charge in [-0.3, -0.25) is 33.1 Å². The van der Waals surface area contributed by atoms with Gasteiger partial charge in [0.1, 0.15) is 42.3 Å². The molecule has 0 bridgehead atoms. The van der Waals surface area contributed by atoms with Crippen LogP contribution in [0.25, 0.3) is 10.8 Å². The number of nitro benzene ring substituents is 1. The van der Waals surface area contributed by atoms with E-state index < -0.39 is 128 Å². The van der Waals surface area contributed by atoms with Gasteiger partial charge in [0.25, 0.3) is 52.1 Å². The van der Waals surface area contributed by atoms with Crippen LogP contribution in [0.2, 0.25) is 0 Å². The van der Waals surface area contributed by atoms with Gasteiger partial charge in [-0.1, -0.05) is 18.2 Å². The number of carbonyl (C=O) groups is 1. The highest BCUT2D eigenvalue weighted by Gasteiger charge is 2.35. The van der Waals surface area contributed by atoms with E-state index in [0.717, 1.165) is 23.2 Å². The third kappa shape index (κ3) is 9.00. The van der Waals surface area contributed by atoms with Crippen molar-refractivity contribution in [2.75, 3.05) is 5.01 Å². The number of phenols is 2. The van der Waals surface area contributed by atoms with Crippen LogP contribution in [-0.2, 0) is 45.3 Å². The Morgan fingerprint density at radius 1 is 0.645 bits per heavy atom. The Morgan fingerprint density at radius 3 is 1.61 bits per heavy atom. The van der Waals surface area contributed by atoms with E-state index in [1.807, 2.05) is 0 Å². The molecule has 1 heterocycles. The summed E-state index contributed by atoms with van der Waals surface area (Å²) in [4.78, 5) is 18.1. The summed E-state index contributed by atoms with van der Waals surface area (Å²) in [7, 11) is -21.5. The SMILES string of the molecule is CC1=NN(c2ccccc2)C(=O)C1N=Nc1ccc(N=Nc2c(S(=O)(=O)O)cc3cc(S(=O)(=O)O)c(N=Nc4ccc([N+](=O)[O-])cc4S(=O)(=O)O)c(O)c3c2O)c(S(=O)(=O)O)c1. The number of hydrogen-bond acceptors (Lipinski definition) is 20. The van der Waals surface area contributed by atoms with Gasteiger partial charge in [0, 0.05) is 12.1 Å². The Labute approximate surface area is 347 Å². The van der Waals surface area contributed by atoms with Crippen molar-refractivity contribution in [1.29, 1.82) is 0 Å². The van der Waals surface area contributed by atoms with Crippen molar-refractivity contribution < 1.29 is 71.8 Å². The van der Waals surface area contributed by atoms with Crippen LogP contribution in [0.1, 0.15) is 6.92 Å². The number of para-hydroxylation sites is 1. The molecular formula is C32H23N9O17S4. The molecule has 0 fully saturated rings. The number of fused-ring (bicyclic) bond motifs is 1. The van der Waals surface area contributed by atoms with Gasteiger partial charge in [-0.15, -0.1) is 20.5 Å². The van der Waals surface area contributed by atoms with Crippen molar-refractivity contribution in [2.24, 2.45) is 35.8 Å². The van der Waals surface area contributed by atoms with Gasteiger partial charge in [0.2, 0.25) is 0 Å². The molecule has 1 amide bonds. The van der Waals surface area contributed by atoms with E-state index in [1.54, 1.807) is 30.3 Å². The zero-order valence-electron chi connectivity index (χ0n) is 30.4. The molecule has 1 atom stereocenters. The van der Waals surface area contributed by atoms with Crippen molar-refractivity contribution >= 4 is 103 Å². The number of benzene rings is 5. The number of amides is 1. The van der Waals surface area contributed by atoms with Crippen LogP contribution in [0.3, 0.4) is 0 Å². The number of anilines is 1. The third-order valence-corrected chi connectivity index (χ3v) is 11.9. The van der Waals surface area contributed by atoms with Gasteiger partial charge < -0.3 is 10.2 Å². The van der Waals surface area contributed by atoms with Crippen LogP contribution >= 0.6 is 0 Å². The topological polar surface area (TPSA) is 408 Å². The smallest absolute Gasteiger partial charge is 0.297 e. The number of phenolic OH excluding ortho intramolecular Hbond substituents is 2. The molecule has 5 aromatic carbocycles. The number of aromatic hydroxyl groups is 2. The maximum atomic E-state index is 13.0. The van der Waals surface area contributed by atoms with E-state index in [9.17, 15) is 77.0 Å². The van der Waals surface area contributed by atoms with Gasteiger partial charge in [0.15, 0.2) is 17.5 Å². The van der Waals surface area contributed by atoms with E-state index in [-0.39, 0.29) is 11.4 Å². The molecule has 1 aliphatic heterocycles. The van der Waals surface area contributed by atoms with Crippen molar-refractivity contribution in [2.45, 2.75) is 32.5 Å². The summed E-state index contributed by atoms with van der Waals surface area (Å²) in [6.07, 6.45) is 0. The lowest BCUT2D eigenvalue weighted by Gasteiger charge is -2.13. The molecular weight excluding hydrogens is 911 g/mol. The monoisotopic (exact) mass is 933 g/mol. The average Bonchev–Trinajstić information content (AvgIpc) is 3.46. The number of non-ortho nitro benzene ring substituents is 1. The Kier molecular flexibility index (Phi) is 11.5. The first kappa shape index (κ1) is 44.5. The lowest BCUT2D eigenvalue weighted by atomic mass is 10.1. The van der Waals surface area contributed by atoms with Gasteiger partial charge in [0.05, 0.1) is 27.4 Å². The van der Waals surface area contributed by atoms with E-state index >= 15 is 0 Å². The Balaban J connectivity index is 1.46. The molecule has 0 aliphatic carbocycles. The van der Waals surface area contributed by atoms with Crippen molar-refractivity contribution in [3.63, 3.8) is 0 Å². The van der Waals surface area contributed by atoms with Gasteiger partial charge in [-0.25, -0.2) is 0 Å². The lowest BCUT2D eigenvalue weighted by molar-refractivity contribution is -0.385. The molecule has 0 saturated heterocycles. The highest BCUT2D eigenvalue weighted by atomic mass is 32.2. The molecule has 0 spiro atoms. The fourth-order valence-electron chi connectivity index (χ4n) is 5.58. The molecule has 26 nitrogen and oxygen atoms in total. The molecule has 322 valence electrons. The molecule has 30 heteroatoms. The highest BCUT2D eigenvalue weighted by Crippen LogP contribution is 2.50. The van der Waals surface area contributed by atoms with Crippen LogP contribution in [-0.4, -0.2) is 84.7 Å². The molecule has 0 saturated carbocycles. The Morgan fingerprint density at radius 2 is 1.13 bits per heavy atom. The van der Waals surface area contributed by atoms with Gasteiger partial charge >= 0.3 is 0 Å². The van der Waals surface area contributed by atoms with E-state index in [1.165, 1.54) is 6.92 Å². The number of nitro groups is 1. The Bertz CT molecular complexity index is 3340. The van der Waals surface area contributed by atoms with Crippen LogP contribution in [0, 0.1) is 10.1 Å². The summed E-state index contributed by atoms with van der Waals surface area (Å²) >= 11 is 0. The van der Waals surface area contributed by atoms with Gasteiger partial charge in [-0.05, 0) is 60.8 Å². The molecule has 0 aromatic heterocycles. The maximum Gasteiger partial charge on any atom is 0.297 e. The number of nitrogens with zero attached hydrogens (tertiary/aromatic N) is 9. The average molecular weight is 934 g/mol. The van der Waals surface area contributed by atoms with Crippen molar-refractivity contribution in [1.82, 2.24) is 0 Å². The predicted molar refractivity (Wildman–Crippen MR) is 210 cm³/mol. The maximum absolute atomic E-state index is 13.0. The fourth-order valence-corrected chi connectivity index (χ4v) is 8.18. The number of carbonyl (C=O) groups excluding carboxylic acids is 1. The number of hydrogen-bond donors (Lipinski definition) is 6.